The van der Waals surface area contributed by atoms with Crippen molar-refractivity contribution in [3.05, 3.63) is 28.8 Å². The van der Waals surface area contributed by atoms with E-state index >= 15 is 0 Å². The average Bonchev–Trinajstić information content (AvgIpc) is 2.32. The summed E-state index contributed by atoms with van der Waals surface area (Å²) in [4.78, 5) is 11.7. The summed E-state index contributed by atoms with van der Waals surface area (Å²) in [5.41, 5.74) is 6.07. The Kier molecular flexibility index (Phi) is 4.99. The number of carbonyl (C=O) groups excluding carboxylic acids is 1. The Balaban J connectivity index is 2.53. The van der Waals surface area contributed by atoms with Crippen molar-refractivity contribution < 1.29 is 14.3 Å². The molecule has 0 fully saturated rings. The molecule has 0 aliphatic carbocycles. The number of rotatable bonds is 5. The molecule has 4 nitrogen and oxygen atoms in total. The molecule has 0 aliphatic heterocycles. The summed E-state index contributed by atoms with van der Waals surface area (Å²) in [5.74, 6) is -0.412. The smallest absolute Gasteiger partial charge is 0.338 e. The van der Waals surface area contributed by atoms with Crippen LogP contribution in [0, 0.1) is 0 Å². The Labute approximate surface area is 112 Å². The van der Waals surface area contributed by atoms with Crippen molar-refractivity contribution in [3.63, 3.8) is 0 Å². The second-order valence-electron chi connectivity index (χ2n) is 4.59. The largest absolute Gasteiger partial charge is 0.462 e. The molecule has 2 N–H and O–H groups in total. The topological polar surface area (TPSA) is 61.5 Å². The number of halogens is 1. The minimum Gasteiger partial charge on any atom is -0.462 e. The van der Waals surface area contributed by atoms with Crippen molar-refractivity contribution in [2.24, 2.45) is 0 Å². The van der Waals surface area contributed by atoms with Crippen molar-refractivity contribution in [2.75, 3.05) is 19.5 Å². The van der Waals surface area contributed by atoms with Gasteiger partial charge in [0.2, 0.25) is 0 Å². The molecule has 18 heavy (non-hydrogen) atoms. The first kappa shape index (κ1) is 14.8. The zero-order chi connectivity index (χ0) is 13.8. The summed E-state index contributed by atoms with van der Waals surface area (Å²) in [7, 11) is 1.63. The number of esters is 1. The van der Waals surface area contributed by atoms with E-state index in [2.05, 4.69) is 0 Å². The first-order valence-corrected chi connectivity index (χ1v) is 6.01. The predicted octanol–water partition coefficient (Wildman–Crippen LogP) is 2.89. The number of hydrogen-bond acceptors (Lipinski definition) is 4. The van der Waals surface area contributed by atoms with Gasteiger partial charge in [0.25, 0.3) is 0 Å². The van der Waals surface area contributed by atoms with Gasteiger partial charge in [-0.15, -0.1) is 0 Å². The number of methoxy groups -OCH3 is 1. The van der Waals surface area contributed by atoms with Gasteiger partial charge in [0.15, 0.2) is 0 Å². The van der Waals surface area contributed by atoms with E-state index in [4.69, 9.17) is 26.8 Å². The van der Waals surface area contributed by atoms with Crippen molar-refractivity contribution in [2.45, 2.75) is 25.9 Å². The van der Waals surface area contributed by atoms with Crippen LogP contribution < -0.4 is 5.73 Å². The Hall–Kier alpha value is -1.26. The average molecular weight is 272 g/mol. The molecule has 0 bridgehead atoms. The van der Waals surface area contributed by atoms with E-state index in [1.54, 1.807) is 19.2 Å². The lowest BCUT2D eigenvalue weighted by molar-refractivity contribution is -0.00563. The van der Waals surface area contributed by atoms with Crippen LogP contribution in [0.5, 0.6) is 0 Å². The molecule has 0 radical (unpaired) electrons. The highest BCUT2D eigenvalue weighted by atomic mass is 35.5. The third kappa shape index (κ3) is 4.20. The Morgan fingerprint density at radius 3 is 2.67 bits per heavy atom. The van der Waals surface area contributed by atoms with Gasteiger partial charge in [-0.05, 0) is 32.0 Å². The second kappa shape index (κ2) is 6.07. The first-order chi connectivity index (χ1) is 8.35. The van der Waals surface area contributed by atoms with E-state index in [-0.39, 0.29) is 5.60 Å². The SMILES string of the molecule is COC(C)(C)CCOC(=O)c1ccc(Cl)c(N)c1. The van der Waals surface area contributed by atoms with E-state index in [9.17, 15) is 4.79 Å². The van der Waals surface area contributed by atoms with Gasteiger partial charge in [-0.25, -0.2) is 4.79 Å². The van der Waals surface area contributed by atoms with Crippen molar-refractivity contribution in [1.29, 1.82) is 0 Å². The third-order valence-electron chi connectivity index (χ3n) is 2.72. The second-order valence-corrected chi connectivity index (χ2v) is 4.99. The van der Waals surface area contributed by atoms with Crippen LogP contribution in [-0.4, -0.2) is 25.3 Å². The van der Waals surface area contributed by atoms with Crippen LogP contribution in [0.15, 0.2) is 18.2 Å². The quantitative estimate of drug-likeness (QED) is 0.661. The summed E-state index contributed by atoms with van der Waals surface area (Å²) in [5, 5.41) is 0.423. The first-order valence-electron chi connectivity index (χ1n) is 5.63. The fraction of sp³-hybridized carbons (Fsp3) is 0.462. The van der Waals surface area contributed by atoms with E-state index < -0.39 is 5.97 Å². The lowest BCUT2D eigenvalue weighted by Crippen LogP contribution is -2.25. The molecule has 0 unspecified atom stereocenters. The lowest BCUT2D eigenvalue weighted by Gasteiger charge is -2.22. The van der Waals surface area contributed by atoms with Gasteiger partial charge in [-0.2, -0.15) is 0 Å². The number of hydrogen-bond donors (Lipinski definition) is 1. The van der Waals surface area contributed by atoms with Crippen molar-refractivity contribution in [3.8, 4) is 0 Å². The minimum absolute atomic E-state index is 0.294. The number of nitrogen functional groups attached to an aromatic ring is 1. The summed E-state index contributed by atoms with van der Waals surface area (Å²) < 4.78 is 10.4. The fourth-order valence-corrected chi connectivity index (χ4v) is 1.36. The van der Waals surface area contributed by atoms with Gasteiger partial charge < -0.3 is 15.2 Å². The Morgan fingerprint density at radius 1 is 1.44 bits per heavy atom. The monoisotopic (exact) mass is 271 g/mol. The van der Waals surface area contributed by atoms with Gasteiger partial charge in [-0.3, -0.25) is 0 Å². The van der Waals surface area contributed by atoms with Crippen molar-refractivity contribution in [1.82, 2.24) is 0 Å². The molecule has 0 aliphatic rings. The zero-order valence-electron chi connectivity index (χ0n) is 10.8. The molecule has 0 saturated carbocycles. The standard InChI is InChI=1S/C13H18ClNO3/c1-13(2,17-3)6-7-18-12(16)9-4-5-10(14)11(15)8-9/h4-5,8H,6-7,15H2,1-3H3. The fourth-order valence-electron chi connectivity index (χ4n) is 1.25. The van der Waals surface area contributed by atoms with Crippen LogP contribution in [0.2, 0.25) is 5.02 Å². The molecule has 0 saturated heterocycles. The van der Waals surface area contributed by atoms with Crippen LogP contribution in [0.1, 0.15) is 30.6 Å². The number of benzene rings is 1. The molecule has 1 rings (SSSR count). The normalized spacial score (nSPS) is 11.3. The Bertz CT molecular complexity index is 432. The number of nitrogens with two attached hydrogens (primary N) is 1. The van der Waals surface area contributed by atoms with Crippen LogP contribution in [0.25, 0.3) is 0 Å². The molecule has 1 aromatic rings. The van der Waals surface area contributed by atoms with E-state index in [0.717, 1.165) is 0 Å². The Morgan fingerprint density at radius 2 is 2.11 bits per heavy atom. The molecule has 0 heterocycles. The molecule has 0 atom stereocenters. The molecule has 0 aromatic heterocycles. The minimum atomic E-state index is -0.412. The van der Waals surface area contributed by atoms with E-state index in [1.807, 2.05) is 13.8 Å². The summed E-state index contributed by atoms with van der Waals surface area (Å²) in [6.07, 6.45) is 0.623. The number of ether oxygens (including phenoxy) is 2. The zero-order valence-corrected chi connectivity index (χ0v) is 11.6. The highest BCUT2D eigenvalue weighted by molar-refractivity contribution is 6.33. The van der Waals surface area contributed by atoms with Gasteiger partial charge >= 0.3 is 5.97 Å². The molecule has 100 valence electrons. The molecular formula is C13H18ClNO3. The van der Waals surface area contributed by atoms with Crippen LogP contribution in [-0.2, 0) is 9.47 Å². The van der Waals surface area contributed by atoms with Crippen LogP contribution >= 0.6 is 11.6 Å². The predicted molar refractivity (Wildman–Crippen MR) is 71.9 cm³/mol. The van der Waals surface area contributed by atoms with Crippen LogP contribution in [0.3, 0.4) is 0 Å². The molecular weight excluding hydrogens is 254 g/mol. The maximum Gasteiger partial charge on any atom is 0.338 e. The summed E-state index contributed by atoms with van der Waals surface area (Å²) >= 11 is 5.77. The highest BCUT2D eigenvalue weighted by Crippen LogP contribution is 2.20. The molecule has 1 aromatic carbocycles. The lowest BCUT2D eigenvalue weighted by atomic mass is 10.1. The number of anilines is 1. The van der Waals surface area contributed by atoms with Gasteiger partial charge in [0, 0.05) is 13.5 Å². The molecule has 5 heteroatoms. The molecule has 0 spiro atoms. The number of carbonyl (C=O) groups is 1. The van der Waals surface area contributed by atoms with Gasteiger partial charge in [0.1, 0.15) is 0 Å². The maximum atomic E-state index is 11.7. The third-order valence-corrected chi connectivity index (χ3v) is 3.07. The summed E-state index contributed by atoms with van der Waals surface area (Å²) in [6.45, 7) is 4.16. The van der Waals surface area contributed by atoms with Gasteiger partial charge in [0.05, 0.1) is 28.5 Å². The van der Waals surface area contributed by atoms with Gasteiger partial charge in [-0.1, -0.05) is 11.6 Å². The van der Waals surface area contributed by atoms with E-state index in [0.29, 0.717) is 29.3 Å². The van der Waals surface area contributed by atoms with E-state index in [1.165, 1.54) is 6.07 Å². The molecule has 0 amide bonds. The maximum absolute atomic E-state index is 11.7. The highest BCUT2D eigenvalue weighted by Gasteiger charge is 2.17. The van der Waals surface area contributed by atoms with Crippen molar-refractivity contribution >= 4 is 23.3 Å². The summed E-state index contributed by atoms with van der Waals surface area (Å²) in [6, 6.07) is 4.67. The van der Waals surface area contributed by atoms with Crippen LogP contribution in [0.4, 0.5) is 5.69 Å².